The Labute approximate surface area is 116 Å². The Morgan fingerprint density at radius 2 is 2.10 bits per heavy atom. The molecule has 0 radical (unpaired) electrons. The lowest BCUT2D eigenvalue weighted by Gasteiger charge is -2.36. The molecule has 5 nitrogen and oxygen atoms in total. The van der Waals surface area contributed by atoms with Crippen molar-refractivity contribution in [1.82, 2.24) is 10.2 Å². The van der Waals surface area contributed by atoms with Crippen LogP contribution in [-0.2, 0) is 16.1 Å². The predicted octanol–water partition coefficient (Wildman–Crippen LogP) is 1.07. The first-order valence-electron chi connectivity index (χ1n) is 6.28. The number of hydrogen-bond acceptors (Lipinski definition) is 4. The number of benzene rings is 1. The number of nitrogens with one attached hydrogen (secondary N) is 1. The largest absolute Gasteiger partial charge is 0.494 e. The van der Waals surface area contributed by atoms with Crippen LogP contribution in [0.2, 0.25) is 0 Å². The monoisotopic (exact) mass is 280 g/mol. The summed E-state index contributed by atoms with van der Waals surface area (Å²) < 4.78 is 19.0. The molecule has 1 aromatic rings. The third kappa shape index (κ3) is 2.51. The van der Waals surface area contributed by atoms with Crippen LogP contribution in [0.25, 0.3) is 0 Å². The Hall–Kier alpha value is -1.95. The Bertz CT molecular complexity index is 557. The zero-order valence-electron chi connectivity index (χ0n) is 11.7. The second-order valence-electron chi connectivity index (χ2n) is 5.20. The summed E-state index contributed by atoms with van der Waals surface area (Å²) in [5, 5.41) is 2.85. The van der Waals surface area contributed by atoms with E-state index in [2.05, 4.69) is 5.32 Å². The SMILES string of the molecule is COc1cccc(CN2C(=O)CNC(C)(C)C2=O)c1F. The lowest BCUT2D eigenvalue weighted by atomic mass is 10.00. The maximum Gasteiger partial charge on any atom is 0.249 e. The molecule has 1 saturated heterocycles. The molecule has 0 aliphatic carbocycles. The van der Waals surface area contributed by atoms with E-state index in [0.29, 0.717) is 0 Å². The molecule has 108 valence electrons. The molecule has 2 amide bonds. The molecular formula is C14H17FN2O3. The van der Waals surface area contributed by atoms with E-state index in [1.807, 2.05) is 0 Å². The lowest BCUT2D eigenvalue weighted by Crippen LogP contribution is -2.63. The first-order valence-corrected chi connectivity index (χ1v) is 6.28. The number of carbonyl (C=O) groups excluding carboxylic acids is 2. The molecule has 1 fully saturated rings. The summed E-state index contributed by atoms with van der Waals surface area (Å²) in [7, 11) is 1.37. The summed E-state index contributed by atoms with van der Waals surface area (Å²) in [5.41, 5.74) is -0.577. The smallest absolute Gasteiger partial charge is 0.249 e. The number of rotatable bonds is 3. The van der Waals surface area contributed by atoms with Crippen molar-refractivity contribution in [1.29, 1.82) is 0 Å². The Kier molecular flexibility index (Phi) is 3.76. The minimum absolute atomic E-state index is 0.0598. The summed E-state index contributed by atoms with van der Waals surface area (Å²) in [6, 6.07) is 4.65. The zero-order valence-corrected chi connectivity index (χ0v) is 11.7. The molecule has 6 heteroatoms. The average Bonchev–Trinajstić information content (AvgIpc) is 2.41. The number of hydrogen-bond donors (Lipinski definition) is 1. The van der Waals surface area contributed by atoms with Crippen LogP contribution in [0.1, 0.15) is 19.4 Å². The average molecular weight is 280 g/mol. The van der Waals surface area contributed by atoms with Crippen LogP contribution in [0.4, 0.5) is 4.39 Å². The maximum atomic E-state index is 14.1. The minimum Gasteiger partial charge on any atom is -0.494 e. The summed E-state index contributed by atoms with van der Waals surface area (Å²) in [5.74, 6) is -1.18. The molecule has 1 aromatic carbocycles. The number of piperazine rings is 1. The molecular weight excluding hydrogens is 263 g/mol. The molecule has 0 aromatic heterocycles. The second-order valence-corrected chi connectivity index (χ2v) is 5.20. The van der Waals surface area contributed by atoms with E-state index in [0.717, 1.165) is 4.90 Å². The van der Waals surface area contributed by atoms with Gasteiger partial charge < -0.3 is 4.74 Å². The summed E-state index contributed by atoms with van der Waals surface area (Å²) in [6.07, 6.45) is 0. The van der Waals surface area contributed by atoms with E-state index in [-0.39, 0.29) is 36.2 Å². The molecule has 0 spiro atoms. The molecule has 0 atom stereocenters. The molecule has 0 saturated carbocycles. The third-order valence-corrected chi connectivity index (χ3v) is 3.35. The number of methoxy groups -OCH3 is 1. The van der Waals surface area contributed by atoms with Gasteiger partial charge in [-0.3, -0.25) is 19.8 Å². The fourth-order valence-electron chi connectivity index (χ4n) is 2.08. The van der Waals surface area contributed by atoms with Gasteiger partial charge in [0.2, 0.25) is 11.8 Å². The van der Waals surface area contributed by atoms with Gasteiger partial charge in [0.15, 0.2) is 11.6 Å². The van der Waals surface area contributed by atoms with Gasteiger partial charge in [-0.1, -0.05) is 12.1 Å². The van der Waals surface area contributed by atoms with Crippen molar-refractivity contribution in [2.24, 2.45) is 0 Å². The fourth-order valence-corrected chi connectivity index (χ4v) is 2.08. The summed E-state index contributed by atoms with van der Waals surface area (Å²) in [6.45, 7) is 3.35. The first kappa shape index (κ1) is 14.5. The lowest BCUT2D eigenvalue weighted by molar-refractivity contribution is -0.153. The zero-order chi connectivity index (χ0) is 14.9. The van der Waals surface area contributed by atoms with E-state index in [1.54, 1.807) is 19.9 Å². The van der Waals surface area contributed by atoms with Crippen molar-refractivity contribution < 1.29 is 18.7 Å². The van der Waals surface area contributed by atoms with Crippen LogP contribution in [0.15, 0.2) is 18.2 Å². The highest BCUT2D eigenvalue weighted by Gasteiger charge is 2.40. The molecule has 1 heterocycles. The predicted molar refractivity (Wildman–Crippen MR) is 70.6 cm³/mol. The minimum atomic E-state index is -0.830. The number of amides is 2. The third-order valence-electron chi connectivity index (χ3n) is 3.35. The van der Waals surface area contributed by atoms with E-state index in [4.69, 9.17) is 4.74 Å². The highest BCUT2D eigenvalue weighted by Crippen LogP contribution is 2.23. The topological polar surface area (TPSA) is 58.6 Å². The van der Waals surface area contributed by atoms with Crippen LogP contribution in [0.3, 0.4) is 0 Å². The Morgan fingerprint density at radius 3 is 2.75 bits per heavy atom. The van der Waals surface area contributed by atoms with E-state index >= 15 is 0 Å². The maximum absolute atomic E-state index is 14.1. The van der Waals surface area contributed by atoms with E-state index in [1.165, 1.54) is 19.2 Å². The van der Waals surface area contributed by atoms with Crippen LogP contribution < -0.4 is 10.1 Å². The van der Waals surface area contributed by atoms with Gasteiger partial charge in [-0.05, 0) is 19.9 Å². The van der Waals surface area contributed by atoms with Gasteiger partial charge >= 0.3 is 0 Å². The van der Waals surface area contributed by atoms with Crippen LogP contribution in [0, 0.1) is 5.82 Å². The van der Waals surface area contributed by atoms with Crippen LogP contribution in [0.5, 0.6) is 5.75 Å². The van der Waals surface area contributed by atoms with Crippen molar-refractivity contribution in [2.45, 2.75) is 25.9 Å². The first-order chi connectivity index (χ1) is 9.36. The van der Waals surface area contributed by atoms with Gasteiger partial charge in [-0.2, -0.15) is 0 Å². The molecule has 1 aliphatic heterocycles. The van der Waals surface area contributed by atoms with Crippen molar-refractivity contribution in [3.63, 3.8) is 0 Å². The normalized spacial score (nSPS) is 18.3. The quantitative estimate of drug-likeness (QED) is 0.842. The molecule has 0 bridgehead atoms. The van der Waals surface area contributed by atoms with Crippen molar-refractivity contribution in [2.75, 3.05) is 13.7 Å². The molecule has 20 heavy (non-hydrogen) atoms. The van der Waals surface area contributed by atoms with Gasteiger partial charge in [0.1, 0.15) is 0 Å². The molecule has 2 rings (SSSR count). The van der Waals surface area contributed by atoms with E-state index < -0.39 is 11.4 Å². The molecule has 1 aliphatic rings. The fraction of sp³-hybridized carbons (Fsp3) is 0.429. The van der Waals surface area contributed by atoms with Crippen LogP contribution in [-0.4, -0.2) is 35.9 Å². The number of carbonyl (C=O) groups is 2. The van der Waals surface area contributed by atoms with Gasteiger partial charge in [0.25, 0.3) is 0 Å². The van der Waals surface area contributed by atoms with Crippen molar-refractivity contribution in [3.05, 3.63) is 29.6 Å². The van der Waals surface area contributed by atoms with E-state index in [9.17, 15) is 14.0 Å². The van der Waals surface area contributed by atoms with Gasteiger partial charge in [0.05, 0.1) is 25.7 Å². The highest BCUT2D eigenvalue weighted by atomic mass is 19.1. The number of nitrogens with zero attached hydrogens (tertiary/aromatic N) is 1. The van der Waals surface area contributed by atoms with Gasteiger partial charge in [-0.25, -0.2) is 4.39 Å². The number of halogens is 1. The number of imide groups is 1. The van der Waals surface area contributed by atoms with Crippen LogP contribution >= 0.6 is 0 Å². The highest BCUT2D eigenvalue weighted by molar-refractivity contribution is 6.02. The van der Waals surface area contributed by atoms with Crippen molar-refractivity contribution in [3.8, 4) is 5.75 Å². The molecule has 1 N–H and O–H groups in total. The van der Waals surface area contributed by atoms with Crippen molar-refractivity contribution >= 4 is 11.8 Å². The standard InChI is InChI=1S/C14H17FN2O3/c1-14(2)13(19)17(11(18)7-16-14)8-9-5-4-6-10(20-3)12(9)15/h4-6,16H,7-8H2,1-3H3. The van der Waals surface area contributed by atoms with Gasteiger partial charge in [0, 0.05) is 5.56 Å². The Morgan fingerprint density at radius 1 is 1.40 bits per heavy atom. The summed E-state index contributed by atoms with van der Waals surface area (Å²) in [4.78, 5) is 25.1. The number of ether oxygens (including phenoxy) is 1. The summed E-state index contributed by atoms with van der Waals surface area (Å²) >= 11 is 0. The molecule has 0 unspecified atom stereocenters. The van der Waals surface area contributed by atoms with Gasteiger partial charge in [-0.15, -0.1) is 0 Å². The second kappa shape index (κ2) is 5.20. The Balaban J connectivity index is 2.29.